The lowest BCUT2D eigenvalue weighted by molar-refractivity contribution is 0.653. The molecule has 5 nitrogen and oxygen atoms in total. The number of benzene rings is 4. The summed E-state index contributed by atoms with van der Waals surface area (Å²) < 4.78 is 12.1. The first kappa shape index (κ1) is 19.8. The first-order valence-corrected chi connectivity index (χ1v) is 11.3. The summed E-state index contributed by atoms with van der Waals surface area (Å²) in [6.45, 7) is 7.15. The molecule has 0 aliphatic carbocycles. The van der Waals surface area contributed by atoms with Crippen LogP contribution in [0.3, 0.4) is 0 Å². The van der Waals surface area contributed by atoms with Crippen molar-refractivity contribution < 1.29 is 8.83 Å². The third kappa shape index (κ3) is 3.08. The van der Waals surface area contributed by atoms with Gasteiger partial charge in [0.05, 0.1) is 17.7 Å². The van der Waals surface area contributed by atoms with E-state index in [0.29, 0.717) is 22.7 Å². The molecule has 35 heavy (non-hydrogen) atoms. The maximum atomic E-state index is 7.15. The molecule has 7 aromatic rings. The number of furan rings is 2. The average molecular weight is 472 g/mol. The van der Waals surface area contributed by atoms with E-state index in [1.807, 2.05) is 78.9 Å². The van der Waals surface area contributed by atoms with Crippen LogP contribution in [0.5, 0.6) is 0 Å². The maximum Gasteiger partial charge on any atom is 0.232 e. The van der Waals surface area contributed by atoms with Gasteiger partial charge in [0.2, 0.25) is 11.0 Å². The second-order valence-electron chi connectivity index (χ2n) is 8.30. The molecule has 0 unspecified atom stereocenters. The Bertz CT molecular complexity index is 1980. The summed E-state index contributed by atoms with van der Waals surface area (Å²) in [5.74, 6) is 0. The van der Waals surface area contributed by atoms with Crippen molar-refractivity contribution >= 4 is 61.3 Å². The summed E-state index contributed by atoms with van der Waals surface area (Å²) in [7, 11) is 0. The van der Waals surface area contributed by atoms with E-state index in [1.165, 1.54) is 0 Å². The van der Waals surface area contributed by atoms with E-state index in [1.54, 1.807) is 0 Å². The van der Waals surface area contributed by atoms with Crippen LogP contribution in [-0.2, 0) is 0 Å². The van der Waals surface area contributed by atoms with E-state index in [2.05, 4.69) is 20.9 Å². The number of fused-ring (bicyclic) bond motifs is 6. The number of hydrogen-bond acceptors (Lipinski definition) is 4. The van der Waals surface area contributed by atoms with Crippen molar-refractivity contribution in [3.63, 3.8) is 0 Å². The van der Waals surface area contributed by atoms with E-state index in [4.69, 9.17) is 27.0 Å². The highest BCUT2D eigenvalue weighted by molar-refractivity contribution is 6.29. The minimum Gasteiger partial charge on any atom is -0.456 e. The summed E-state index contributed by atoms with van der Waals surface area (Å²) in [5.41, 5.74) is 7.00. The Balaban J connectivity index is 1.44. The molecule has 3 heterocycles. The van der Waals surface area contributed by atoms with E-state index in [9.17, 15) is 0 Å². The standard InChI is InChI=1S/C29H14ClN3O2/c1-31-19-10-6-16(7-11-19)17-8-12-21-25(15-17)35-28-26(21)27(32-29(30)33-28)18-9-13-24-22(14-18)20-4-2-3-5-23(20)34-24/h2-15H. The zero-order valence-corrected chi connectivity index (χ0v) is 18.9. The predicted molar refractivity (Wildman–Crippen MR) is 139 cm³/mol. The fourth-order valence-corrected chi connectivity index (χ4v) is 4.80. The van der Waals surface area contributed by atoms with Crippen LogP contribution in [0.1, 0.15) is 0 Å². The first-order chi connectivity index (χ1) is 17.2. The van der Waals surface area contributed by atoms with Gasteiger partial charge in [-0.05, 0) is 59.1 Å². The lowest BCUT2D eigenvalue weighted by atomic mass is 10.0. The molecule has 0 N–H and O–H groups in total. The molecular weight excluding hydrogens is 458 g/mol. The molecule has 0 fully saturated rings. The summed E-state index contributed by atoms with van der Waals surface area (Å²) in [6.07, 6.45) is 0. The summed E-state index contributed by atoms with van der Waals surface area (Å²) >= 11 is 6.32. The van der Waals surface area contributed by atoms with Gasteiger partial charge in [-0.1, -0.05) is 48.5 Å². The van der Waals surface area contributed by atoms with Gasteiger partial charge in [-0.2, -0.15) is 4.98 Å². The number of aromatic nitrogens is 2. The smallest absolute Gasteiger partial charge is 0.232 e. The summed E-state index contributed by atoms with van der Waals surface area (Å²) in [6, 6.07) is 27.5. The Morgan fingerprint density at radius 2 is 1.43 bits per heavy atom. The zero-order chi connectivity index (χ0) is 23.5. The molecule has 0 aliphatic heterocycles. The Kier molecular flexibility index (Phi) is 4.19. The molecule has 0 amide bonds. The van der Waals surface area contributed by atoms with Crippen molar-refractivity contribution in [1.29, 1.82) is 0 Å². The van der Waals surface area contributed by atoms with Crippen LogP contribution >= 0.6 is 11.6 Å². The average Bonchev–Trinajstić information content (AvgIpc) is 3.45. The van der Waals surface area contributed by atoms with Crippen molar-refractivity contribution in [2.45, 2.75) is 0 Å². The van der Waals surface area contributed by atoms with Gasteiger partial charge < -0.3 is 8.83 Å². The number of para-hydroxylation sites is 1. The second-order valence-corrected chi connectivity index (χ2v) is 8.64. The van der Waals surface area contributed by atoms with E-state index in [0.717, 1.165) is 49.4 Å². The van der Waals surface area contributed by atoms with Gasteiger partial charge in [0.1, 0.15) is 16.7 Å². The van der Waals surface area contributed by atoms with Crippen LogP contribution in [0.15, 0.2) is 93.8 Å². The molecule has 0 spiro atoms. The number of rotatable bonds is 2. The number of halogens is 1. The topological polar surface area (TPSA) is 56.4 Å². The van der Waals surface area contributed by atoms with Gasteiger partial charge in [-0.15, -0.1) is 0 Å². The second kappa shape index (κ2) is 7.42. The summed E-state index contributed by atoms with van der Waals surface area (Å²) in [5, 5.41) is 3.90. The van der Waals surface area contributed by atoms with Crippen molar-refractivity contribution in [3.05, 3.63) is 102 Å². The third-order valence-corrected chi connectivity index (χ3v) is 6.46. The molecule has 3 aromatic heterocycles. The van der Waals surface area contributed by atoms with Gasteiger partial charge in [0, 0.05) is 21.7 Å². The predicted octanol–water partition coefficient (Wildman–Crippen LogP) is 8.81. The van der Waals surface area contributed by atoms with Gasteiger partial charge >= 0.3 is 0 Å². The molecular formula is C29H14ClN3O2. The first-order valence-electron chi connectivity index (χ1n) is 11.0. The van der Waals surface area contributed by atoms with E-state index in [-0.39, 0.29) is 5.28 Å². The Hall–Kier alpha value is -4.66. The van der Waals surface area contributed by atoms with Crippen molar-refractivity contribution in [3.8, 4) is 22.4 Å². The van der Waals surface area contributed by atoms with Crippen LogP contribution in [-0.4, -0.2) is 9.97 Å². The van der Waals surface area contributed by atoms with E-state index < -0.39 is 0 Å². The minimum absolute atomic E-state index is 0.124. The highest BCUT2D eigenvalue weighted by Crippen LogP contribution is 2.39. The molecule has 0 radical (unpaired) electrons. The van der Waals surface area contributed by atoms with E-state index >= 15 is 0 Å². The normalized spacial score (nSPS) is 11.5. The molecule has 4 aromatic carbocycles. The van der Waals surface area contributed by atoms with Gasteiger partial charge in [0.25, 0.3) is 0 Å². The number of nitrogens with zero attached hydrogens (tertiary/aromatic N) is 3. The number of hydrogen-bond donors (Lipinski definition) is 0. The van der Waals surface area contributed by atoms with Crippen molar-refractivity contribution in [1.82, 2.24) is 9.97 Å². The Labute approximate surface area is 204 Å². The molecule has 0 bridgehead atoms. The Morgan fingerprint density at radius 1 is 0.657 bits per heavy atom. The SMILES string of the molecule is [C-]#[N+]c1ccc(-c2ccc3c(c2)oc2nc(Cl)nc(-c4ccc5oc6ccccc6c5c4)c23)cc1. The fraction of sp³-hybridized carbons (Fsp3) is 0. The van der Waals surface area contributed by atoms with Crippen LogP contribution < -0.4 is 0 Å². The largest absolute Gasteiger partial charge is 0.456 e. The lowest BCUT2D eigenvalue weighted by Crippen LogP contribution is -1.89. The molecule has 7 rings (SSSR count). The highest BCUT2D eigenvalue weighted by atomic mass is 35.5. The zero-order valence-electron chi connectivity index (χ0n) is 18.1. The van der Waals surface area contributed by atoms with Gasteiger partial charge in [-0.25, -0.2) is 9.83 Å². The van der Waals surface area contributed by atoms with Crippen LogP contribution in [0, 0.1) is 6.57 Å². The quantitative estimate of drug-likeness (QED) is 0.187. The Morgan fingerprint density at radius 3 is 2.29 bits per heavy atom. The molecule has 164 valence electrons. The van der Waals surface area contributed by atoms with Crippen molar-refractivity contribution in [2.24, 2.45) is 0 Å². The molecule has 0 atom stereocenters. The monoisotopic (exact) mass is 471 g/mol. The van der Waals surface area contributed by atoms with Crippen LogP contribution in [0.4, 0.5) is 5.69 Å². The molecule has 0 saturated carbocycles. The highest BCUT2D eigenvalue weighted by Gasteiger charge is 2.18. The molecule has 0 aliphatic rings. The molecule has 0 saturated heterocycles. The lowest BCUT2D eigenvalue weighted by Gasteiger charge is -2.04. The van der Waals surface area contributed by atoms with Crippen molar-refractivity contribution in [2.75, 3.05) is 0 Å². The third-order valence-electron chi connectivity index (χ3n) is 6.29. The van der Waals surface area contributed by atoms with Crippen LogP contribution in [0.2, 0.25) is 5.28 Å². The van der Waals surface area contributed by atoms with Gasteiger partial charge in [-0.3, -0.25) is 0 Å². The minimum atomic E-state index is 0.124. The maximum absolute atomic E-state index is 7.15. The summed E-state index contributed by atoms with van der Waals surface area (Å²) in [4.78, 5) is 12.4. The van der Waals surface area contributed by atoms with Crippen LogP contribution in [0.25, 0.3) is 71.2 Å². The van der Waals surface area contributed by atoms with Gasteiger partial charge in [0.15, 0.2) is 5.69 Å². The fourth-order valence-electron chi connectivity index (χ4n) is 4.64. The molecule has 6 heteroatoms.